The zero-order valence-corrected chi connectivity index (χ0v) is 59.2. The molecule has 0 spiro atoms. The number of hydrogen-bond acceptors (Lipinski definition) is 27. The van der Waals surface area contributed by atoms with Crippen LogP contribution in [0.4, 0.5) is 11.6 Å². The summed E-state index contributed by atoms with van der Waals surface area (Å²) in [5, 5.41) is 56.9. The molecule has 1 aliphatic heterocycles. The number of amides is 3. The fourth-order valence-electron chi connectivity index (χ4n) is 14.1. The van der Waals surface area contributed by atoms with Gasteiger partial charge in [-0.05, 0) is 85.5 Å². The van der Waals surface area contributed by atoms with Crippen LogP contribution in [0.2, 0.25) is 0 Å². The van der Waals surface area contributed by atoms with Gasteiger partial charge < -0.3 is 75.8 Å². The molecule has 3 heterocycles. The molecule has 11 N–H and O–H groups in total. The summed E-state index contributed by atoms with van der Waals surface area (Å²) in [6.45, 7) is 7.55. The molecule has 5 unspecified atom stereocenters. The minimum atomic E-state index is -2.60. The molecule has 33 heteroatoms. The lowest BCUT2D eigenvalue weighted by atomic mass is 9.44. The zero-order valence-electron chi connectivity index (χ0n) is 57.6. The van der Waals surface area contributed by atoms with Crippen molar-refractivity contribution in [2.75, 3.05) is 29.2 Å². The molecule has 3 aliphatic carbocycles. The van der Waals surface area contributed by atoms with Crippen LogP contribution in [0.3, 0.4) is 0 Å². The van der Waals surface area contributed by atoms with E-state index in [2.05, 4.69) is 41.2 Å². The number of benzene rings is 4. The van der Waals surface area contributed by atoms with Crippen LogP contribution in [0.5, 0.6) is 0 Å². The number of Topliss-reactive ketones (excluding diaryl/α,β-unsaturated/α-hetero) is 1. The number of aliphatic carboxylic acids is 2. The Bertz CT molecular complexity index is 4440. The normalized spacial score (nSPS) is 23.9. The van der Waals surface area contributed by atoms with Crippen LogP contribution in [0.1, 0.15) is 122 Å². The maximum atomic E-state index is 16.5. The van der Waals surface area contributed by atoms with Crippen molar-refractivity contribution in [3.8, 4) is 0 Å². The Kier molecular flexibility index (Phi) is 23.6. The number of carboxylic acid groups (broad SMARTS) is 2. The van der Waals surface area contributed by atoms with Crippen molar-refractivity contribution in [3.63, 3.8) is 0 Å². The summed E-state index contributed by atoms with van der Waals surface area (Å²) in [4.78, 5) is 179. The first-order chi connectivity index (χ1) is 49.9. The Labute approximate surface area is 607 Å². The fourth-order valence-corrected chi connectivity index (χ4v) is 16.2. The predicted octanol–water partition coefficient (Wildman–Crippen LogP) is 4.51. The standard InChI is InChI=1S/C72H77N9O22S2/c1-36-47(100-67(96)55(86)53(39-16-10-7-11-17-39)79-62(89)40-18-12-8-13-19-40)31-72(97)59(102-66(95)42-20-14-9-15-21-42)57-70(6,58(87)56(99-37(2)82)52(36)69(72,4)5)48(30-49-71(57,35-98-49)103-38(3)83)101-51(85)28-29-104-105-34-46(65(93)94)77-50(84)27-26-45(64(91)92)78-61(88)41-22-24-43(25-23-41)74-32-44-33-75-60-54(76-44)63(90)81-68(73)80-60/h7-25,33,45-49,53,55-57,59,74,86,97H,26-32,34-35H2,1-6H3,(H,77,84)(H,78,88)(H,79,89)(H,91,92)(H,93,94)(H3,73,75,80,81,90)/t45?,46?,47-,48?,49+,53+,55+,56+,57?,59-,70?,71-,72+/m0/s1. The van der Waals surface area contributed by atoms with Crippen molar-refractivity contribution in [2.24, 2.45) is 16.7 Å². The molecule has 1 saturated heterocycles. The highest BCUT2D eigenvalue weighted by Gasteiger charge is 2.79. The van der Waals surface area contributed by atoms with Gasteiger partial charge in [-0.25, -0.2) is 29.1 Å². The van der Waals surface area contributed by atoms with E-state index in [0.717, 1.165) is 35.4 Å². The van der Waals surface area contributed by atoms with Crippen LogP contribution in [0, 0.1) is 16.7 Å². The highest BCUT2D eigenvalue weighted by Crippen LogP contribution is 2.65. The number of rotatable bonds is 28. The lowest BCUT2D eigenvalue weighted by Gasteiger charge is -2.67. The molecule has 105 heavy (non-hydrogen) atoms. The van der Waals surface area contributed by atoms with Crippen molar-refractivity contribution in [2.45, 2.75) is 146 Å². The number of ether oxygens (including phenoxy) is 6. The molecule has 2 bridgehead atoms. The number of fused-ring (bicyclic) bond motifs is 6. The topological polar surface area (TPSA) is 470 Å². The number of aromatic amines is 1. The Morgan fingerprint density at radius 1 is 0.743 bits per heavy atom. The minimum Gasteiger partial charge on any atom is -0.480 e. The molecule has 13 atom stereocenters. The van der Waals surface area contributed by atoms with Gasteiger partial charge in [-0.3, -0.25) is 43.3 Å². The lowest BCUT2D eigenvalue weighted by molar-refractivity contribution is -0.346. The third-order valence-corrected chi connectivity index (χ3v) is 21.8. The summed E-state index contributed by atoms with van der Waals surface area (Å²) < 4.78 is 37.5. The first-order valence-electron chi connectivity index (χ1n) is 33.2. The van der Waals surface area contributed by atoms with E-state index in [1.54, 1.807) is 66.7 Å². The molecule has 6 aromatic rings. The second-order valence-corrected chi connectivity index (χ2v) is 29.1. The van der Waals surface area contributed by atoms with Gasteiger partial charge in [0.15, 0.2) is 34.8 Å². The Morgan fingerprint density at radius 2 is 1.37 bits per heavy atom. The molecule has 3 fully saturated rings. The number of carbonyl (C=O) groups excluding carboxylic acids is 9. The van der Waals surface area contributed by atoms with E-state index in [1.165, 1.54) is 82.4 Å². The molecular formula is C72H77N9O22S2. The quantitative estimate of drug-likeness (QED) is 0.0106. The van der Waals surface area contributed by atoms with Crippen LogP contribution in [0.25, 0.3) is 11.2 Å². The second-order valence-electron chi connectivity index (χ2n) is 26.5. The van der Waals surface area contributed by atoms with Crippen LogP contribution in [0.15, 0.2) is 137 Å². The van der Waals surface area contributed by atoms with Crippen molar-refractivity contribution in [1.82, 2.24) is 35.9 Å². The van der Waals surface area contributed by atoms with Crippen LogP contribution < -0.4 is 32.6 Å². The first kappa shape index (κ1) is 77.0. The molecular weight excluding hydrogens is 1410 g/mol. The number of aliphatic hydroxyl groups excluding tert-OH is 1. The van der Waals surface area contributed by atoms with Crippen molar-refractivity contribution < 1.29 is 102 Å². The van der Waals surface area contributed by atoms with E-state index >= 15 is 4.79 Å². The number of hydrogen-bond donors (Lipinski definition) is 10. The van der Waals surface area contributed by atoms with Gasteiger partial charge in [-0.1, -0.05) is 102 Å². The monoisotopic (exact) mass is 1480 g/mol. The number of esters is 5. The van der Waals surface area contributed by atoms with E-state index in [4.69, 9.17) is 34.2 Å². The Balaban J connectivity index is 0.839. The summed E-state index contributed by atoms with van der Waals surface area (Å²) in [7, 11) is 1.94. The molecule has 2 aromatic heterocycles. The molecule has 10 rings (SSSR count). The molecule has 554 valence electrons. The number of carboxylic acids is 2. The minimum absolute atomic E-state index is 0.0186. The van der Waals surface area contributed by atoms with E-state index < -0.39 is 186 Å². The zero-order chi connectivity index (χ0) is 75.9. The van der Waals surface area contributed by atoms with Gasteiger partial charge in [0.25, 0.3) is 17.4 Å². The van der Waals surface area contributed by atoms with E-state index in [1.807, 2.05) is 0 Å². The van der Waals surface area contributed by atoms with Gasteiger partial charge in [-0.15, -0.1) is 0 Å². The van der Waals surface area contributed by atoms with E-state index in [-0.39, 0.29) is 69.4 Å². The number of carbonyl (C=O) groups is 11. The molecule has 4 aromatic carbocycles. The summed E-state index contributed by atoms with van der Waals surface area (Å²) in [5.74, 6) is -13.7. The van der Waals surface area contributed by atoms with Gasteiger partial charge in [0.05, 0.1) is 54.4 Å². The number of nitrogens with one attached hydrogen (secondary N) is 5. The number of H-pyrrole nitrogens is 1. The maximum absolute atomic E-state index is 16.5. The van der Waals surface area contributed by atoms with Crippen LogP contribution in [-0.2, 0) is 73.3 Å². The molecule has 0 radical (unpaired) electrons. The fraction of sp³-hybridized carbons (Fsp3) is 0.403. The maximum Gasteiger partial charge on any atom is 0.338 e. The lowest BCUT2D eigenvalue weighted by Crippen LogP contribution is -2.82. The van der Waals surface area contributed by atoms with Gasteiger partial charge >= 0.3 is 41.8 Å². The number of aromatic nitrogens is 4. The van der Waals surface area contributed by atoms with Gasteiger partial charge in [0, 0.05) is 66.8 Å². The highest BCUT2D eigenvalue weighted by atomic mass is 33.1. The van der Waals surface area contributed by atoms with Gasteiger partial charge in [0.1, 0.15) is 42.1 Å². The van der Waals surface area contributed by atoms with Crippen LogP contribution >= 0.6 is 21.6 Å². The summed E-state index contributed by atoms with van der Waals surface area (Å²) in [6, 6.07) is 24.9. The van der Waals surface area contributed by atoms with E-state index in [9.17, 15) is 73.2 Å². The SMILES string of the molecule is CC(=O)O[C@H]1C(=O)C2(C)C(OC(=O)CCSSCC(NC(=O)CCC(NC(=O)c3ccc(NCc4cnc5nc(N)[nH]c(=O)c5n4)cc3)C(=O)O)C(=O)O)C[C@H]3OC[C@@]3(OC(C)=O)C2[C@H](OC(=O)c2ccccc2)[C@]2(O)C[C@H](OC(=O)[C@H](O)[C@H](NC(=O)c3ccccc3)c3ccccc3)C(C)=C1C2(C)C. The predicted molar refractivity (Wildman–Crippen MR) is 375 cm³/mol. The number of anilines is 2. The summed E-state index contributed by atoms with van der Waals surface area (Å²) in [6.07, 6.45) is -11.8. The average molecular weight is 1480 g/mol. The number of aliphatic hydroxyl groups is 2. The number of ketones is 1. The van der Waals surface area contributed by atoms with Crippen molar-refractivity contribution in [3.05, 3.63) is 171 Å². The molecule has 3 amide bonds. The summed E-state index contributed by atoms with van der Waals surface area (Å²) >= 11 is 0. The number of nitrogens with two attached hydrogens (primary N) is 1. The van der Waals surface area contributed by atoms with E-state index in [0.29, 0.717) is 16.9 Å². The van der Waals surface area contributed by atoms with Crippen molar-refractivity contribution >= 4 is 110 Å². The Hall–Kier alpha value is -10.6. The third-order valence-electron chi connectivity index (χ3n) is 19.4. The molecule has 31 nitrogen and oxygen atoms in total. The number of nitrogen functional groups attached to an aromatic ring is 1. The third kappa shape index (κ3) is 16.5. The van der Waals surface area contributed by atoms with Gasteiger partial charge in [0.2, 0.25) is 11.9 Å². The second kappa shape index (κ2) is 32.2. The van der Waals surface area contributed by atoms with Crippen LogP contribution in [-0.4, -0.2) is 184 Å². The largest absolute Gasteiger partial charge is 0.480 e. The van der Waals surface area contributed by atoms with Crippen molar-refractivity contribution in [1.29, 1.82) is 0 Å². The molecule has 4 aliphatic rings. The van der Waals surface area contributed by atoms with Gasteiger partial charge in [-0.2, -0.15) is 4.98 Å². The first-order valence-corrected chi connectivity index (χ1v) is 35.7. The Morgan fingerprint density at radius 3 is 1.99 bits per heavy atom. The molecule has 2 saturated carbocycles. The average Bonchev–Trinajstić information content (AvgIpc) is 0.667. The smallest absolute Gasteiger partial charge is 0.338 e. The highest BCUT2D eigenvalue weighted by molar-refractivity contribution is 8.76. The summed E-state index contributed by atoms with van der Waals surface area (Å²) in [5.41, 5.74) is -2.35. The number of nitrogens with zero attached hydrogens (tertiary/aromatic N) is 3.